The van der Waals surface area contributed by atoms with E-state index in [1.807, 2.05) is 0 Å². The van der Waals surface area contributed by atoms with Crippen molar-refractivity contribution in [1.29, 1.82) is 0 Å². The van der Waals surface area contributed by atoms with Crippen molar-refractivity contribution in [3.63, 3.8) is 0 Å². The maximum absolute atomic E-state index is 5.74. The van der Waals surface area contributed by atoms with Crippen molar-refractivity contribution in [3.8, 4) is 0 Å². The van der Waals surface area contributed by atoms with Crippen molar-refractivity contribution in [2.24, 2.45) is 11.3 Å². The summed E-state index contributed by atoms with van der Waals surface area (Å²) in [6, 6.07) is 0. The lowest BCUT2D eigenvalue weighted by Gasteiger charge is -2.33. The number of ether oxygens (including phenoxy) is 1. The van der Waals surface area contributed by atoms with Gasteiger partial charge >= 0.3 is 0 Å². The van der Waals surface area contributed by atoms with Crippen LogP contribution in [-0.4, -0.2) is 12.2 Å². The molecule has 0 saturated heterocycles. The first-order chi connectivity index (χ1) is 5.25. The zero-order valence-electron chi connectivity index (χ0n) is 9.64. The Kier molecular flexibility index (Phi) is 4.25. The third-order valence-corrected chi connectivity index (χ3v) is 2.56. The van der Waals surface area contributed by atoms with Crippen molar-refractivity contribution in [2.75, 3.05) is 0 Å². The molecule has 0 aromatic rings. The van der Waals surface area contributed by atoms with Crippen LogP contribution in [0, 0.1) is 11.3 Å². The fourth-order valence-electron chi connectivity index (χ4n) is 1.25. The van der Waals surface area contributed by atoms with Gasteiger partial charge in [0.2, 0.25) is 0 Å². The average molecular weight is 172 g/mol. The van der Waals surface area contributed by atoms with E-state index in [9.17, 15) is 0 Å². The molecule has 0 aliphatic rings. The molecule has 0 amide bonds. The van der Waals surface area contributed by atoms with Crippen molar-refractivity contribution < 1.29 is 4.74 Å². The summed E-state index contributed by atoms with van der Waals surface area (Å²) < 4.78 is 5.74. The highest BCUT2D eigenvalue weighted by molar-refractivity contribution is 4.75. The Morgan fingerprint density at radius 1 is 0.917 bits per heavy atom. The molecule has 12 heavy (non-hydrogen) atoms. The highest BCUT2D eigenvalue weighted by Crippen LogP contribution is 2.29. The lowest BCUT2D eigenvalue weighted by molar-refractivity contribution is -0.0383. The highest BCUT2D eigenvalue weighted by atomic mass is 16.5. The molecule has 2 atom stereocenters. The molecule has 0 N–H and O–H groups in total. The topological polar surface area (TPSA) is 9.23 Å². The van der Waals surface area contributed by atoms with E-state index in [4.69, 9.17) is 4.74 Å². The molecule has 0 aliphatic heterocycles. The third kappa shape index (κ3) is 4.10. The highest BCUT2D eigenvalue weighted by Gasteiger charge is 2.26. The normalized spacial score (nSPS) is 18.0. The summed E-state index contributed by atoms with van der Waals surface area (Å²) >= 11 is 0. The van der Waals surface area contributed by atoms with E-state index >= 15 is 0 Å². The van der Waals surface area contributed by atoms with E-state index in [0.717, 1.165) is 0 Å². The molecule has 74 valence electrons. The molecular formula is C11H24O. The van der Waals surface area contributed by atoms with Crippen LogP contribution in [-0.2, 0) is 4.74 Å². The molecule has 0 heterocycles. The largest absolute Gasteiger partial charge is 0.376 e. The SMILES string of the molecule is CC(C)O[C@H](C)[C@@H](C)C(C)(C)C. The first-order valence-corrected chi connectivity index (χ1v) is 4.90. The zero-order chi connectivity index (χ0) is 9.94. The van der Waals surface area contributed by atoms with E-state index in [-0.39, 0.29) is 0 Å². The van der Waals surface area contributed by atoms with Gasteiger partial charge in [0.05, 0.1) is 12.2 Å². The fraction of sp³-hybridized carbons (Fsp3) is 1.00. The third-order valence-electron chi connectivity index (χ3n) is 2.56. The van der Waals surface area contributed by atoms with Crippen LogP contribution in [0.2, 0.25) is 0 Å². The molecule has 0 spiro atoms. The standard InChI is InChI=1S/C11H24O/c1-8(2)12-10(4)9(3)11(5,6)7/h8-10H,1-7H3/t9-,10-/m1/s1. The molecule has 0 fully saturated rings. The number of hydrogen-bond donors (Lipinski definition) is 0. The van der Waals surface area contributed by atoms with Crippen molar-refractivity contribution in [3.05, 3.63) is 0 Å². The molecule has 0 saturated carbocycles. The second-order valence-electron chi connectivity index (χ2n) is 5.04. The number of rotatable bonds is 3. The lowest BCUT2D eigenvalue weighted by atomic mass is 9.79. The molecule has 0 aliphatic carbocycles. The van der Waals surface area contributed by atoms with Gasteiger partial charge in [-0.15, -0.1) is 0 Å². The summed E-state index contributed by atoms with van der Waals surface area (Å²) in [5.74, 6) is 0.597. The number of hydrogen-bond acceptors (Lipinski definition) is 1. The van der Waals surface area contributed by atoms with Gasteiger partial charge in [-0.25, -0.2) is 0 Å². The van der Waals surface area contributed by atoms with Gasteiger partial charge in [-0.2, -0.15) is 0 Å². The van der Waals surface area contributed by atoms with Crippen molar-refractivity contribution in [2.45, 2.75) is 60.7 Å². The average Bonchev–Trinajstić information content (AvgIpc) is 1.82. The molecule has 0 aromatic heterocycles. The van der Waals surface area contributed by atoms with Gasteiger partial charge in [0.1, 0.15) is 0 Å². The van der Waals surface area contributed by atoms with Gasteiger partial charge < -0.3 is 4.74 Å². The Morgan fingerprint density at radius 2 is 1.33 bits per heavy atom. The summed E-state index contributed by atoms with van der Waals surface area (Å²) in [5.41, 5.74) is 0.342. The Bertz CT molecular complexity index is 121. The van der Waals surface area contributed by atoms with E-state index in [1.165, 1.54) is 0 Å². The lowest BCUT2D eigenvalue weighted by Crippen LogP contribution is -2.31. The molecule has 0 unspecified atom stereocenters. The minimum absolute atomic E-state index is 0.338. The molecule has 0 rings (SSSR count). The van der Waals surface area contributed by atoms with Crippen LogP contribution in [0.15, 0.2) is 0 Å². The van der Waals surface area contributed by atoms with Gasteiger partial charge in [-0.05, 0) is 32.1 Å². The minimum atomic E-state index is 0.338. The van der Waals surface area contributed by atoms with Crippen LogP contribution in [0.3, 0.4) is 0 Å². The van der Waals surface area contributed by atoms with Crippen LogP contribution in [0.5, 0.6) is 0 Å². The monoisotopic (exact) mass is 172 g/mol. The second-order valence-corrected chi connectivity index (χ2v) is 5.04. The summed E-state index contributed by atoms with van der Waals surface area (Å²) in [6.07, 6.45) is 0.690. The van der Waals surface area contributed by atoms with Gasteiger partial charge in [0, 0.05) is 0 Å². The predicted octanol–water partition coefficient (Wildman–Crippen LogP) is 3.48. The Balaban J connectivity index is 4.01. The zero-order valence-corrected chi connectivity index (χ0v) is 9.64. The first-order valence-electron chi connectivity index (χ1n) is 4.90. The molecule has 0 radical (unpaired) electrons. The second kappa shape index (κ2) is 4.27. The van der Waals surface area contributed by atoms with E-state index in [2.05, 4.69) is 48.5 Å². The van der Waals surface area contributed by atoms with Crippen LogP contribution in [0.25, 0.3) is 0 Å². The van der Waals surface area contributed by atoms with E-state index < -0.39 is 0 Å². The van der Waals surface area contributed by atoms with E-state index in [1.54, 1.807) is 0 Å². The van der Waals surface area contributed by atoms with Crippen LogP contribution >= 0.6 is 0 Å². The van der Waals surface area contributed by atoms with Gasteiger partial charge in [-0.1, -0.05) is 27.7 Å². The maximum Gasteiger partial charge on any atom is 0.0580 e. The van der Waals surface area contributed by atoms with Crippen molar-refractivity contribution in [1.82, 2.24) is 0 Å². The smallest absolute Gasteiger partial charge is 0.0580 e. The molecule has 0 bridgehead atoms. The molecular weight excluding hydrogens is 148 g/mol. The first kappa shape index (κ1) is 12.0. The summed E-state index contributed by atoms with van der Waals surface area (Å²) in [4.78, 5) is 0. The Morgan fingerprint density at radius 3 is 1.58 bits per heavy atom. The van der Waals surface area contributed by atoms with Gasteiger partial charge in [-0.3, -0.25) is 0 Å². The Hall–Kier alpha value is -0.0400. The van der Waals surface area contributed by atoms with Crippen LogP contribution < -0.4 is 0 Å². The van der Waals surface area contributed by atoms with Gasteiger partial charge in [0.15, 0.2) is 0 Å². The summed E-state index contributed by atoms with van der Waals surface area (Å²) in [5, 5.41) is 0. The minimum Gasteiger partial charge on any atom is -0.376 e. The Labute approximate surface area is 77.5 Å². The summed E-state index contributed by atoms with van der Waals surface area (Å²) in [6.45, 7) is 15.4. The molecule has 0 aromatic carbocycles. The van der Waals surface area contributed by atoms with Crippen LogP contribution in [0.4, 0.5) is 0 Å². The molecule has 1 heteroatoms. The predicted molar refractivity (Wildman–Crippen MR) is 54.3 cm³/mol. The molecule has 1 nitrogen and oxygen atoms in total. The van der Waals surface area contributed by atoms with Crippen molar-refractivity contribution >= 4 is 0 Å². The fourth-order valence-corrected chi connectivity index (χ4v) is 1.25. The van der Waals surface area contributed by atoms with Gasteiger partial charge in [0.25, 0.3) is 0 Å². The van der Waals surface area contributed by atoms with E-state index in [0.29, 0.717) is 23.5 Å². The maximum atomic E-state index is 5.74. The van der Waals surface area contributed by atoms with Crippen LogP contribution in [0.1, 0.15) is 48.5 Å². The summed E-state index contributed by atoms with van der Waals surface area (Å²) in [7, 11) is 0. The quantitative estimate of drug-likeness (QED) is 0.633.